The summed E-state index contributed by atoms with van der Waals surface area (Å²) in [7, 11) is 0. The van der Waals surface area contributed by atoms with Crippen molar-refractivity contribution in [3.05, 3.63) is 0 Å². The van der Waals surface area contributed by atoms with E-state index in [1.807, 2.05) is 0 Å². The maximum atomic E-state index is 9.75. The van der Waals surface area contributed by atoms with Gasteiger partial charge in [-0.15, -0.1) is 0 Å². The molecule has 0 aliphatic rings. The van der Waals surface area contributed by atoms with Gasteiger partial charge < -0.3 is 5.11 Å². The van der Waals surface area contributed by atoms with Crippen molar-refractivity contribution in [1.82, 2.24) is 0 Å². The van der Waals surface area contributed by atoms with Crippen molar-refractivity contribution in [2.24, 2.45) is 17.8 Å². The van der Waals surface area contributed by atoms with E-state index in [9.17, 15) is 5.11 Å². The van der Waals surface area contributed by atoms with Crippen LogP contribution >= 0.6 is 0 Å². The molecule has 0 heterocycles. The third-order valence-corrected chi connectivity index (χ3v) is 4.14. The van der Waals surface area contributed by atoms with E-state index in [1.54, 1.807) is 0 Å². The summed E-state index contributed by atoms with van der Waals surface area (Å²) >= 11 is 0. The summed E-state index contributed by atoms with van der Waals surface area (Å²) in [6, 6.07) is 0. The Morgan fingerprint density at radius 1 is 0.722 bits per heavy atom. The van der Waals surface area contributed by atoms with Crippen LogP contribution in [0.1, 0.15) is 86.0 Å². The molecule has 0 aromatic carbocycles. The third-order valence-electron chi connectivity index (χ3n) is 4.14. The SMILES string of the molecule is CCC[C@H](C)CCC[C@H](C)CCCC(O)C(C)C. The maximum Gasteiger partial charge on any atom is 0.0563 e. The van der Waals surface area contributed by atoms with E-state index in [0.29, 0.717) is 5.92 Å². The van der Waals surface area contributed by atoms with E-state index in [2.05, 4.69) is 34.6 Å². The maximum absolute atomic E-state index is 9.75. The van der Waals surface area contributed by atoms with E-state index in [0.717, 1.165) is 18.3 Å². The van der Waals surface area contributed by atoms with Crippen molar-refractivity contribution in [3.8, 4) is 0 Å². The van der Waals surface area contributed by atoms with Gasteiger partial charge in [-0.2, -0.15) is 0 Å². The van der Waals surface area contributed by atoms with Crippen LogP contribution in [-0.2, 0) is 0 Å². The number of rotatable bonds is 11. The lowest BCUT2D eigenvalue weighted by Crippen LogP contribution is -2.14. The Bertz CT molecular complexity index is 176. The highest BCUT2D eigenvalue weighted by Gasteiger charge is 2.10. The second kappa shape index (κ2) is 10.8. The third kappa shape index (κ3) is 9.94. The molecule has 18 heavy (non-hydrogen) atoms. The summed E-state index contributed by atoms with van der Waals surface area (Å²) in [5.74, 6) is 2.15. The van der Waals surface area contributed by atoms with Crippen LogP contribution in [-0.4, -0.2) is 11.2 Å². The van der Waals surface area contributed by atoms with E-state index in [4.69, 9.17) is 0 Å². The van der Waals surface area contributed by atoms with Gasteiger partial charge in [0.25, 0.3) is 0 Å². The minimum Gasteiger partial charge on any atom is -0.393 e. The van der Waals surface area contributed by atoms with Crippen LogP contribution in [0.2, 0.25) is 0 Å². The molecule has 0 aromatic heterocycles. The van der Waals surface area contributed by atoms with Gasteiger partial charge in [0.2, 0.25) is 0 Å². The van der Waals surface area contributed by atoms with Crippen molar-refractivity contribution in [2.45, 2.75) is 92.1 Å². The normalized spacial score (nSPS) is 16.8. The lowest BCUT2D eigenvalue weighted by molar-refractivity contribution is 0.111. The first-order valence-corrected chi connectivity index (χ1v) is 8.15. The molecule has 0 spiro atoms. The Morgan fingerprint density at radius 3 is 1.61 bits per heavy atom. The van der Waals surface area contributed by atoms with Gasteiger partial charge in [-0.1, -0.05) is 79.6 Å². The Hall–Kier alpha value is -0.0400. The molecular formula is C17H36O. The monoisotopic (exact) mass is 256 g/mol. The molecule has 0 saturated carbocycles. The van der Waals surface area contributed by atoms with Crippen LogP contribution in [0.5, 0.6) is 0 Å². The molecular weight excluding hydrogens is 220 g/mol. The van der Waals surface area contributed by atoms with Crippen LogP contribution in [0.3, 0.4) is 0 Å². The molecule has 1 nitrogen and oxygen atoms in total. The number of aliphatic hydroxyl groups is 1. The van der Waals surface area contributed by atoms with Crippen molar-refractivity contribution in [3.63, 3.8) is 0 Å². The predicted octanol–water partition coefficient (Wildman–Crippen LogP) is 5.42. The zero-order chi connectivity index (χ0) is 14.0. The second-order valence-corrected chi connectivity index (χ2v) is 6.67. The van der Waals surface area contributed by atoms with Crippen LogP contribution in [0.15, 0.2) is 0 Å². The molecule has 0 fully saturated rings. The van der Waals surface area contributed by atoms with Gasteiger partial charge in [0.1, 0.15) is 0 Å². The van der Waals surface area contributed by atoms with Gasteiger partial charge >= 0.3 is 0 Å². The fourth-order valence-corrected chi connectivity index (χ4v) is 2.61. The van der Waals surface area contributed by atoms with Gasteiger partial charge in [-0.05, 0) is 24.2 Å². The van der Waals surface area contributed by atoms with Crippen molar-refractivity contribution in [2.75, 3.05) is 0 Å². The molecule has 0 aliphatic heterocycles. The van der Waals surface area contributed by atoms with Crippen molar-refractivity contribution < 1.29 is 5.11 Å². The fourth-order valence-electron chi connectivity index (χ4n) is 2.61. The van der Waals surface area contributed by atoms with Crippen LogP contribution < -0.4 is 0 Å². The summed E-state index contributed by atoms with van der Waals surface area (Å²) in [4.78, 5) is 0. The van der Waals surface area contributed by atoms with Gasteiger partial charge in [0.15, 0.2) is 0 Å². The zero-order valence-corrected chi connectivity index (χ0v) is 13.4. The smallest absolute Gasteiger partial charge is 0.0563 e. The summed E-state index contributed by atoms with van der Waals surface area (Å²) in [5.41, 5.74) is 0. The molecule has 0 aliphatic carbocycles. The first kappa shape index (κ1) is 18.0. The van der Waals surface area contributed by atoms with Gasteiger partial charge in [-0.3, -0.25) is 0 Å². The standard InChI is InChI=1S/C17H36O/c1-6-9-15(4)10-7-11-16(5)12-8-13-17(18)14(2)3/h14-18H,6-13H2,1-5H3/t15-,16-,17?/m0/s1. The minimum absolute atomic E-state index is 0.0956. The predicted molar refractivity (Wildman–Crippen MR) is 81.8 cm³/mol. The molecule has 0 radical (unpaired) electrons. The largest absolute Gasteiger partial charge is 0.393 e. The van der Waals surface area contributed by atoms with Crippen LogP contribution in [0.4, 0.5) is 0 Å². The lowest BCUT2D eigenvalue weighted by atomic mass is 9.92. The van der Waals surface area contributed by atoms with Crippen LogP contribution in [0.25, 0.3) is 0 Å². The average molecular weight is 256 g/mol. The molecule has 0 rings (SSSR count). The van der Waals surface area contributed by atoms with E-state index < -0.39 is 0 Å². The van der Waals surface area contributed by atoms with E-state index >= 15 is 0 Å². The fraction of sp³-hybridized carbons (Fsp3) is 1.00. The average Bonchev–Trinajstić information content (AvgIpc) is 2.29. The van der Waals surface area contributed by atoms with Gasteiger partial charge in [0, 0.05) is 0 Å². The molecule has 110 valence electrons. The van der Waals surface area contributed by atoms with E-state index in [1.165, 1.54) is 44.9 Å². The molecule has 1 heteroatoms. The number of aliphatic hydroxyl groups excluding tert-OH is 1. The zero-order valence-electron chi connectivity index (χ0n) is 13.4. The highest BCUT2D eigenvalue weighted by Crippen LogP contribution is 2.20. The Labute approximate surface area is 115 Å². The van der Waals surface area contributed by atoms with Crippen molar-refractivity contribution in [1.29, 1.82) is 0 Å². The molecule has 0 saturated heterocycles. The van der Waals surface area contributed by atoms with Gasteiger partial charge in [0.05, 0.1) is 6.10 Å². The Balaban J connectivity index is 3.45. The summed E-state index contributed by atoms with van der Waals surface area (Å²) in [6.45, 7) is 11.2. The minimum atomic E-state index is -0.0956. The number of hydrogen-bond donors (Lipinski definition) is 1. The first-order valence-electron chi connectivity index (χ1n) is 8.15. The Morgan fingerprint density at radius 2 is 1.17 bits per heavy atom. The molecule has 1 unspecified atom stereocenters. The second-order valence-electron chi connectivity index (χ2n) is 6.67. The van der Waals surface area contributed by atoms with Crippen LogP contribution in [0, 0.1) is 17.8 Å². The number of hydrogen-bond acceptors (Lipinski definition) is 1. The molecule has 3 atom stereocenters. The Kier molecular flexibility index (Phi) is 10.8. The molecule has 0 amide bonds. The first-order chi connectivity index (χ1) is 8.47. The van der Waals surface area contributed by atoms with Crippen molar-refractivity contribution >= 4 is 0 Å². The lowest BCUT2D eigenvalue weighted by Gasteiger charge is -2.17. The summed E-state index contributed by atoms with van der Waals surface area (Å²) < 4.78 is 0. The summed E-state index contributed by atoms with van der Waals surface area (Å²) in [5, 5.41) is 9.75. The molecule has 0 aromatic rings. The summed E-state index contributed by atoms with van der Waals surface area (Å²) in [6.07, 6.45) is 10.2. The molecule has 0 bridgehead atoms. The highest BCUT2D eigenvalue weighted by atomic mass is 16.3. The van der Waals surface area contributed by atoms with Gasteiger partial charge in [-0.25, -0.2) is 0 Å². The molecule has 1 N–H and O–H groups in total. The van der Waals surface area contributed by atoms with E-state index in [-0.39, 0.29) is 6.10 Å². The quantitative estimate of drug-likeness (QED) is 0.523. The highest BCUT2D eigenvalue weighted by molar-refractivity contribution is 4.62. The topological polar surface area (TPSA) is 20.2 Å².